The Labute approximate surface area is 231 Å². The van der Waals surface area contributed by atoms with E-state index in [1.807, 2.05) is 0 Å². The van der Waals surface area contributed by atoms with Crippen LogP contribution in [0, 0.1) is 6.92 Å². The van der Waals surface area contributed by atoms with E-state index in [-0.39, 0.29) is 10.8 Å². The summed E-state index contributed by atoms with van der Waals surface area (Å²) in [4.78, 5) is 22.2. The highest BCUT2D eigenvalue weighted by molar-refractivity contribution is 7.92. The van der Waals surface area contributed by atoms with Crippen LogP contribution in [-0.4, -0.2) is 63.5 Å². The minimum absolute atomic E-state index is 0.111. The van der Waals surface area contributed by atoms with E-state index < -0.39 is 10.0 Å². The summed E-state index contributed by atoms with van der Waals surface area (Å²) in [5, 5.41) is 4.48. The van der Waals surface area contributed by atoms with Crippen LogP contribution < -0.4 is 14.9 Å². The molecule has 1 aromatic heterocycles. The number of hydrogen-bond acceptors (Lipinski definition) is 7. The Morgan fingerprint density at radius 2 is 1.71 bits per heavy atom. The van der Waals surface area contributed by atoms with E-state index in [1.165, 1.54) is 34.5 Å². The third-order valence-corrected chi connectivity index (χ3v) is 9.14. The molecular weight excluding hydrogens is 542 g/mol. The minimum Gasteiger partial charge on any atom is -0.351 e. The molecule has 38 heavy (non-hydrogen) atoms. The molecule has 11 heteroatoms. The molecule has 0 atom stereocenters. The number of carbonyl (C=O) groups excluding carboxylic acids is 1. The van der Waals surface area contributed by atoms with Crippen LogP contribution in [0.15, 0.2) is 71.6 Å². The molecule has 8 nitrogen and oxygen atoms in total. The number of aryl methyl sites for hydroxylation is 1. The number of amides is 1. The second kappa shape index (κ2) is 11.3. The quantitative estimate of drug-likeness (QED) is 0.322. The van der Waals surface area contributed by atoms with Gasteiger partial charge in [0.05, 0.1) is 15.1 Å². The Bertz CT molecular complexity index is 1530. The average molecular weight is 570 g/mol. The fourth-order valence-corrected chi connectivity index (χ4v) is 6.56. The number of hydrogen-bond donors (Lipinski definition) is 2. The van der Waals surface area contributed by atoms with Crippen molar-refractivity contribution in [3.63, 3.8) is 0 Å². The highest BCUT2D eigenvalue weighted by Crippen LogP contribution is 2.30. The van der Waals surface area contributed by atoms with Gasteiger partial charge in [-0.15, -0.1) is 0 Å². The maximum atomic E-state index is 12.6. The number of fused-ring (bicyclic) bond motifs is 1. The molecule has 4 aromatic rings. The molecular formula is C27H28ClN5O3S2. The van der Waals surface area contributed by atoms with Gasteiger partial charge >= 0.3 is 0 Å². The summed E-state index contributed by atoms with van der Waals surface area (Å²) in [6, 6.07) is 18.6. The number of piperazine rings is 1. The third-order valence-electron chi connectivity index (χ3n) is 6.41. The Hall–Kier alpha value is -3.18. The van der Waals surface area contributed by atoms with Gasteiger partial charge in [0.2, 0.25) is 0 Å². The van der Waals surface area contributed by atoms with Gasteiger partial charge in [0.15, 0.2) is 5.13 Å². The van der Waals surface area contributed by atoms with E-state index in [9.17, 15) is 13.2 Å². The number of nitrogens with one attached hydrogen (secondary N) is 2. The summed E-state index contributed by atoms with van der Waals surface area (Å²) in [5.41, 5.74) is 3.13. The average Bonchev–Trinajstić information content (AvgIpc) is 3.33. The van der Waals surface area contributed by atoms with Crippen LogP contribution >= 0.6 is 22.9 Å². The lowest BCUT2D eigenvalue weighted by molar-refractivity contribution is 0.0948. The summed E-state index contributed by atoms with van der Waals surface area (Å²) >= 11 is 7.57. The summed E-state index contributed by atoms with van der Waals surface area (Å²) in [6.07, 6.45) is 0. The van der Waals surface area contributed by atoms with Gasteiger partial charge in [-0.05, 0) is 73.2 Å². The van der Waals surface area contributed by atoms with Crippen LogP contribution in [0.2, 0.25) is 5.02 Å². The number of sulfonamides is 1. The zero-order chi connectivity index (χ0) is 26.7. The second-order valence-electron chi connectivity index (χ2n) is 9.19. The fraction of sp³-hybridized carbons (Fsp3) is 0.259. The number of thiazole rings is 1. The predicted octanol–water partition coefficient (Wildman–Crippen LogP) is 4.61. The lowest BCUT2D eigenvalue weighted by Crippen LogP contribution is -2.48. The first kappa shape index (κ1) is 26.4. The van der Waals surface area contributed by atoms with Gasteiger partial charge in [-0.1, -0.05) is 29.0 Å². The number of benzene rings is 3. The molecule has 0 aliphatic carbocycles. The second-order valence-corrected chi connectivity index (χ2v) is 12.3. The van der Waals surface area contributed by atoms with E-state index >= 15 is 0 Å². The van der Waals surface area contributed by atoms with Gasteiger partial charge < -0.3 is 10.2 Å². The molecule has 1 aliphatic heterocycles. The Kier molecular flexibility index (Phi) is 7.85. The Morgan fingerprint density at radius 3 is 2.42 bits per heavy atom. The van der Waals surface area contributed by atoms with Crippen molar-refractivity contribution in [1.29, 1.82) is 0 Å². The lowest BCUT2D eigenvalue weighted by atomic mass is 10.2. The molecule has 5 rings (SSSR count). The van der Waals surface area contributed by atoms with Crippen LogP contribution in [0.4, 0.5) is 10.8 Å². The van der Waals surface area contributed by atoms with E-state index in [2.05, 4.69) is 45.0 Å². The lowest BCUT2D eigenvalue weighted by Gasteiger charge is -2.34. The summed E-state index contributed by atoms with van der Waals surface area (Å²) in [7, 11) is -3.74. The van der Waals surface area contributed by atoms with Crippen molar-refractivity contribution in [2.24, 2.45) is 0 Å². The van der Waals surface area contributed by atoms with Crippen LogP contribution in [0.3, 0.4) is 0 Å². The molecule has 1 saturated heterocycles. The van der Waals surface area contributed by atoms with Gasteiger partial charge in [-0.25, -0.2) is 13.4 Å². The molecule has 1 fully saturated rings. The zero-order valence-corrected chi connectivity index (χ0v) is 23.2. The van der Waals surface area contributed by atoms with Crippen LogP contribution in [0.1, 0.15) is 15.9 Å². The molecule has 3 aromatic carbocycles. The minimum atomic E-state index is -3.74. The maximum Gasteiger partial charge on any atom is 0.261 e. The van der Waals surface area contributed by atoms with Gasteiger partial charge in [-0.2, -0.15) is 0 Å². The molecule has 2 heterocycles. The molecule has 1 aliphatic rings. The van der Waals surface area contributed by atoms with Gasteiger partial charge in [0.25, 0.3) is 15.9 Å². The molecule has 1 amide bonds. The highest BCUT2D eigenvalue weighted by atomic mass is 35.5. The standard InChI is InChI=1S/C27H28ClN5O3S2/c1-19-2-11-24-25(18-19)37-27(30-24)33-16-14-32(15-17-33)13-12-29-26(34)20-3-7-22(8-4-20)31-38(35,36)23-9-5-21(28)6-10-23/h2-11,18,31H,12-17H2,1H3,(H,29,34). The SMILES string of the molecule is Cc1ccc2nc(N3CCN(CCNC(=O)c4ccc(NS(=O)(=O)c5ccc(Cl)cc5)cc4)CC3)sc2c1. The first-order chi connectivity index (χ1) is 18.3. The smallest absolute Gasteiger partial charge is 0.261 e. The van der Waals surface area contributed by atoms with Crippen molar-refractivity contribution in [3.05, 3.63) is 82.9 Å². The highest BCUT2D eigenvalue weighted by Gasteiger charge is 2.20. The van der Waals surface area contributed by atoms with Gasteiger partial charge in [0, 0.05) is 55.5 Å². The molecule has 0 spiro atoms. The Morgan fingerprint density at radius 1 is 1.00 bits per heavy atom. The predicted molar refractivity (Wildman–Crippen MR) is 154 cm³/mol. The van der Waals surface area contributed by atoms with Crippen LogP contribution in [0.25, 0.3) is 10.2 Å². The van der Waals surface area contributed by atoms with Gasteiger partial charge in [0.1, 0.15) is 0 Å². The van der Waals surface area contributed by atoms with Crippen molar-refractivity contribution >= 4 is 59.9 Å². The number of aromatic nitrogens is 1. The third kappa shape index (κ3) is 6.27. The maximum absolute atomic E-state index is 12.6. The monoisotopic (exact) mass is 569 g/mol. The van der Waals surface area contributed by atoms with Crippen molar-refractivity contribution in [2.45, 2.75) is 11.8 Å². The van der Waals surface area contributed by atoms with E-state index in [0.717, 1.165) is 43.4 Å². The zero-order valence-electron chi connectivity index (χ0n) is 20.9. The van der Waals surface area contributed by atoms with Gasteiger partial charge in [-0.3, -0.25) is 14.4 Å². The van der Waals surface area contributed by atoms with Crippen molar-refractivity contribution in [1.82, 2.24) is 15.2 Å². The van der Waals surface area contributed by atoms with E-state index in [1.54, 1.807) is 35.6 Å². The molecule has 0 saturated carbocycles. The molecule has 198 valence electrons. The molecule has 2 N–H and O–H groups in total. The van der Waals surface area contributed by atoms with Crippen molar-refractivity contribution < 1.29 is 13.2 Å². The molecule has 0 unspecified atom stereocenters. The summed E-state index contributed by atoms with van der Waals surface area (Å²) in [5.74, 6) is -0.194. The van der Waals surface area contributed by atoms with E-state index in [0.29, 0.717) is 22.8 Å². The normalized spacial score (nSPS) is 14.5. The summed E-state index contributed by atoms with van der Waals surface area (Å²) in [6.45, 7) is 7.02. The number of carbonyl (C=O) groups is 1. The van der Waals surface area contributed by atoms with Crippen molar-refractivity contribution in [2.75, 3.05) is 48.9 Å². The number of halogens is 1. The number of rotatable bonds is 8. The first-order valence-electron chi connectivity index (χ1n) is 12.3. The fourth-order valence-electron chi connectivity index (χ4n) is 4.26. The van der Waals surface area contributed by atoms with Crippen molar-refractivity contribution in [3.8, 4) is 0 Å². The molecule has 0 bridgehead atoms. The van der Waals surface area contributed by atoms with E-state index in [4.69, 9.17) is 16.6 Å². The topological polar surface area (TPSA) is 94.6 Å². The Balaban J connectivity index is 1.07. The van der Waals surface area contributed by atoms with Crippen LogP contribution in [0.5, 0.6) is 0 Å². The number of nitrogens with zero attached hydrogens (tertiary/aromatic N) is 3. The first-order valence-corrected chi connectivity index (χ1v) is 15.0. The van der Waals surface area contributed by atoms with Crippen LogP contribution in [-0.2, 0) is 10.0 Å². The summed E-state index contributed by atoms with van der Waals surface area (Å²) < 4.78 is 28.8. The molecule has 0 radical (unpaired) electrons. The largest absolute Gasteiger partial charge is 0.351 e. The number of anilines is 2.